The van der Waals surface area contributed by atoms with Crippen molar-refractivity contribution in [3.63, 3.8) is 0 Å². The highest BCUT2D eigenvalue weighted by Gasteiger charge is 2.35. The van der Waals surface area contributed by atoms with Crippen LogP contribution in [0.2, 0.25) is 0 Å². The van der Waals surface area contributed by atoms with Gasteiger partial charge in [0.2, 0.25) is 11.9 Å². The summed E-state index contributed by atoms with van der Waals surface area (Å²) in [6.45, 7) is 6.58. The van der Waals surface area contributed by atoms with E-state index in [1.165, 1.54) is 11.8 Å². The SMILES string of the molecule is Cc1ccccc1-n1c(SC(C)C(=O)N(C)C2CCS(=O)(=O)C2)nnc1N1CCOCC1. The predicted molar refractivity (Wildman–Crippen MR) is 124 cm³/mol. The number of para-hydroxylation sites is 1. The van der Waals surface area contributed by atoms with E-state index in [9.17, 15) is 13.2 Å². The van der Waals surface area contributed by atoms with Gasteiger partial charge in [0.05, 0.1) is 35.7 Å². The number of carbonyl (C=O) groups is 1. The minimum absolute atomic E-state index is 0.0349. The van der Waals surface area contributed by atoms with Gasteiger partial charge in [0.15, 0.2) is 15.0 Å². The number of benzene rings is 1. The maximum Gasteiger partial charge on any atom is 0.235 e. The average molecular weight is 480 g/mol. The molecule has 2 saturated heterocycles. The topological polar surface area (TPSA) is 97.6 Å². The molecular formula is C21H29N5O4S2. The Kier molecular flexibility index (Phi) is 6.78. The Bertz CT molecular complexity index is 1080. The molecule has 4 rings (SSSR count). The van der Waals surface area contributed by atoms with E-state index in [-0.39, 0.29) is 23.5 Å². The molecule has 2 aromatic rings. The van der Waals surface area contributed by atoms with E-state index >= 15 is 0 Å². The van der Waals surface area contributed by atoms with E-state index < -0.39 is 15.1 Å². The minimum Gasteiger partial charge on any atom is -0.378 e. The van der Waals surface area contributed by atoms with Crippen LogP contribution in [0.1, 0.15) is 18.9 Å². The standard InChI is InChI=1S/C21H29N5O4S2/c1-15-6-4-5-7-18(15)26-20(25-9-11-30-12-10-25)22-23-21(26)31-16(2)19(27)24(3)17-8-13-32(28,29)14-17/h4-7,16-17H,8-14H2,1-3H3. The van der Waals surface area contributed by atoms with Crippen molar-refractivity contribution < 1.29 is 17.9 Å². The van der Waals surface area contributed by atoms with Crippen molar-refractivity contribution in [1.82, 2.24) is 19.7 Å². The zero-order chi connectivity index (χ0) is 22.9. The molecule has 32 heavy (non-hydrogen) atoms. The first kappa shape index (κ1) is 23.1. The molecule has 3 heterocycles. The number of aromatic nitrogens is 3. The van der Waals surface area contributed by atoms with Crippen molar-refractivity contribution in [3.8, 4) is 5.69 Å². The summed E-state index contributed by atoms with van der Waals surface area (Å²) in [7, 11) is -1.37. The number of thioether (sulfide) groups is 1. The zero-order valence-electron chi connectivity index (χ0n) is 18.6. The molecule has 0 N–H and O–H groups in total. The number of nitrogens with zero attached hydrogens (tertiary/aromatic N) is 5. The van der Waals surface area contributed by atoms with Crippen molar-refractivity contribution in [1.29, 1.82) is 0 Å². The van der Waals surface area contributed by atoms with Crippen LogP contribution in [-0.2, 0) is 19.4 Å². The first-order valence-electron chi connectivity index (χ1n) is 10.7. The molecule has 2 unspecified atom stereocenters. The van der Waals surface area contributed by atoms with E-state index in [1.807, 2.05) is 42.7 Å². The second-order valence-electron chi connectivity index (χ2n) is 8.27. The molecule has 2 fully saturated rings. The van der Waals surface area contributed by atoms with Crippen LogP contribution in [0.5, 0.6) is 0 Å². The van der Waals surface area contributed by atoms with Gasteiger partial charge >= 0.3 is 0 Å². The molecule has 1 amide bonds. The molecule has 0 radical (unpaired) electrons. The van der Waals surface area contributed by atoms with Gasteiger partial charge in [-0.25, -0.2) is 8.42 Å². The van der Waals surface area contributed by atoms with E-state index in [4.69, 9.17) is 4.74 Å². The maximum absolute atomic E-state index is 13.1. The summed E-state index contributed by atoms with van der Waals surface area (Å²) in [6, 6.07) is 7.75. The molecule has 2 atom stereocenters. The zero-order valence-corrected chi connectivity index (χ0v) is 20.2. The second-order valence-corrected chi connectivity index (χ2v) is 11.8. The van der Waals surface area contributed by atoms with Crippen LogP contribution in [0.15, 0.2) is 29.4 Å². The van der Waals surface area contributed by atoms with Crippen LogP contribution in [0.25, 0.3) is 5.69 Å². The molecule has 9 nitrogen and oxygen atoms in total. The first-order chi connectivity index (χ1) is 15.3. The minimum atomic E-state index is -3.06. The molecule has 174 valence electrons. The summed E-state index contributed by atoms with van der Waals surface area (Å²) in [5.41, 5.74) is 2.05. The van der Waals surface area contributed by atoms with Crippen LogP contribution in [0, 0.1) is 6.92 Å². The van der Waals surface area contributed by atoms with Gasteiger partial charge in [0.1, 0.15) is 0 Å². The summed E-state index contributed by atoms with van der Waals surface area (Å²) in [4.78, 5) is 16.8. The third-order valence-electron chi connectivity index (χ3n) is 6.00. The molecule has 0 saturated carbocycles. The lowest BCUT2D eigenvalue weighted by Crippen LogP contribution is -2.41. The van der Waals surface area contributed by atoms with Crippen molar-refractivity contribution in [3.05, 3.63) is 29.8 Å². The monoisotopic (exact) mass is 479 g/mol. The molecule has 0 spiro atoms. The molecule has 0 aliphatic carbocycles. The number of anilines is 1. The Morgan fingerprint density at radius 3 is 2.62 bits per heavy atom. The molecule has 0 bridgehead atoms. The van der Waals surface area contributed by atoms with Crippen LogP contribution < -0.4 is 4.90 Å². The van der Waals surface area contributed by atoms with Gasteiger partial charge in [0.25, 0.3) is 0 Å². The number of rotatable bonds is 6. The Hall–Kier alpha value is -2.11. The van der Waals surface area contributed by atoms with Crippen molar-refractivity contribution in [2.75, 3.05) is 49.8 Å². The largest absolute Gasteiger partial charge is 0.378 e. The van der Waals surface area contributed by atoms with E-state index in [2.05, 4.69) is 15.1 Å². The van der Waals surface area contributed by atoms with Crippen molar-refractivity contribution in [2.45, 2.75) is 36.7 Å². The Morgan fingerprint density at radius 1 is 1.25 bits per heavy atom. The third-order valence-corrected chi connectivity index (χ3v) is 8.78. The highest BCUT2D eigenvalue weighted by molar-refractivity contribution is 8.00. The Morgan fingerprint density at radius 2 is 1.97 bits per heavy atom. The van der Waals surface area contributed by atoms with Gasteiger partial charge in [-0.05, 0) is 31.9 Å². The van der Waals surface area contributed by atoms with E-state index in [0.29, 0.717) is 24.8 Å². The predicted octanol–water partition coefficient (Wildman–Crippen LogP) is 1.54. The molecule has 2 aliphatic rings. The number of morpholine rings is 1. The van der Waals surface area contributed by atoms with E-state index in [1.54, 1.807) is 11.9 Å². The van der Waals surface area contributed by atoms with Crippen molar-refractivity contribution in [2.24, 2.45) is 0 Å². The highest BCUT2D eigenvalue weighted by atomic mass is 32.2. The fourth-order valence-electron chi connectivity index (χ4n) is 4.09. The van der Waals surface area contributed by atoms with Gasteiger partial charge in [-0.2, -0.15) is 0 Å². The van der Waals surface area contributed by atoms with Gasteiger partial charge in [-0.3, -0.25) is 9.36 Å². The smallest absolute Gasteiger partial charge is 0.235 e. The highest BCUT2D eigenvalue weighted by Crippen LogP contribution is 2.32. The normalized spacial score (nSPS) is 21.5. The van der Waals surface area contributed by atoms with Crippen LogP contribution in [0.3, 0.4) is 0 Å². The van der Waals surface area contributed by atoms with Gasteiger partial charge in [-0.1, -0.05) is 30.0 Å². The number of hydrogen-bond acceptors (Lipinski definition) is 8. The lowest BCUT2D eigenvalue weighted by Gasteiger charge is -2.28. The summed E-state index contributed by atoms with van der Waals surface area (Å²) in [5, 5.41) is 9.10. The molecule has 1 aromatic heterocycles. The fourth-order valence-corrected chi connectivity index (χ4v) is 6.82. The summed E-state index contributed by atoms with van der Waals surface area (Å²) in [6.07, 6.45) is 0.489. The molecule has 2 aliphatic heterocycles. The Labute approximate surface area is 193 Å². The van der Waals surface area contributed by atoms with E-state index in [0.717, 1.165) is 30.3 Å². The van der Waals surface area contributed by atoms with Gasteiger partial charge in [0, 0.05) is 26.2 Å². The first-order valence-corrected chi connectivity index (χ1v) is 13.4. The number of hydrogen-bond donors (Lipinski definition) is 0. The third kappa shape index (κ3) is 4.79. The lowest BCUT2D eigenvalue weighted by molar-refractivity contribution is -0.130. The van der Waals surface area contributed by atoms with Crippen LogP contribution in [-0.4, -0.2) is 90.1 Å². The average Bonchev–Trinajstić information content (AvgIpc) is 3.36. The van der Waals surface area contributed by atoms with Gasteiger partial charge in [-0.15, -0.1) is 10.2 Å². The summed E-state index contributed by atoms with van der Waals surface area (Å²) >= 11 is 1.34. The quantitative estimate of drug-likeness (QED) is 0.576. The van der Waals surface area contributed by atoms with Crippen LogP contribution in [0.4, 0.5) is 5.95 Å². The molecular weight excluding hydrogens is 450 g/mol. The Balaban J connectivity index is 1.60. The van der Waals surface area contributed by atoms with Crippen molar-refractivity contribution >= 4 is 33.5 Å². The summed E-state index contributed by atoms with van der Waals surface area (Å²) < 4.78 is 31.2. The lowest BCUT2D eigenvalue weighted by atomic mass is 10.2. The number of sulfone groups is 1. The van der Waals surface area contributed by atoms with Gasteiger partial charge < -0.3 is 14.5 Å². The summed E-state index contributed by atoms with van der Waals surface area (Å²) in [5.74, 6) is 0.804. The number of ether oxygens (including phenoxy) is 1. The van der Waals surface area contributed by atoms with Crippen LogP contribution >= 0.6 is 11.8 Å². The second kappa shape index (κ2) is 9.40. The number of amides is 1. The fraction of sp³-hybridized carbons (Fsp3) is 0.571. The maximum atomic E-state index is 13.1. The number of carbonyl (C=O) groups excluding carboxylic acids is 1. The molecule has 11 heteroatoms. The number of aryl methyl sites for hydroxylation is 1. The molecule has 1 aromatic carbocycles.